The zero-order valence-electron chi connectivity index (χ0n) is 11.9. The van der Waals surface area contributed by atoms with Crippen LogP contribution in [0.25, 0.3) is 22.5 Å². The summed E-state index contributed by atoms with van der Waals surface area (Å²) in [5, 5.41) is 22.7. The molecule has 2 N–H and O–H groups in total. The molecular formula is C15H11FN4O3. The van der Waals surface area contributed by atoms with Crippen LogP contribution in [0.1, 0.15) is 10.4 Å². The summed E-state index contributed by atoms with van der Waals surface area (Å²) in [6, 6.07) is 8.52. The Morgan fingerprint density at radius 3 is 2.65 bits per heavy atom. The number of aromatic amines is 1. The number of aromatic carboxylic acids is 1. The molecule has 3 rings (SSSR count). The van der Waals surface area contributed by atoms with Gasteiger partial charge in [-0.15, -0.1) is 10.2 Å². The van der Waals surface area contributed by atoms with Crippen LogP contribution in [0.5, 0.6) is 5.75 Å². The van der Waals surface area contributed by atoms with E-state index in [1.165, 1.54) is 37.4 Å². The molecule has 0 saturated carbocycles. The number of carboxylic acids is 1. The van der Waals surface area contributed by atoms with Gasteiger partial charge < -0.3 is 9.84 Å². The molecule has 0 aliphatic carbocycles. The number of ether oxygens (including phenoxy) is 1. The number of nitrogens with zero attached hydrogens (tertiary/aromatic N) is 3. The smallest absolute Gasteiger partial charge is 0.335 e. The molecule has 8 heteroatoms. The number of H-pyrrole nitrogens is 1. The van der Waals surface area contributed by atoms with Crippen LogP contribution in [0, 0.1) is 5.82 Å². The molecule has 116 valence electrons. The molecule has 0 aliphatic rings. The minimum atomic E-state index is -1.12. The molecule has 0 amide bonds. The number of halogens is 1. The van der Waals surface area contributed by atoms with E-state index in [0.29, 0.717) is 22.4 Å². The van der Waals surface area contributed by atoms with Gasteiger partial charge in [-0.05, 0) is 47.2 Å². The molecule has 7 nitrogen and oxygen atoms in total. The number of benzene rings is 2. The predicted octanol–water partition coefficient (Wildman–Crippen LogP) is 2.38. The fourth-order valence-corrected chi connectivity index (χ4v) is 2.23. The lowest BCUT2D eigenvalue weighted by Gasteiger charge is -2.11. The standard InChI is InChI=1S/C15H11FN4O3/c1-23-13-3-2-11(16)7-12(13)8-4-9(14-17-19-20-18-14)6-10(5-8)15(21)22/h2-7H,1H3,(H,21,22)(H,17,18,19,20). The second-order valence-electron chi connectivity index (χ2n) is 4.68. The zero-order valence-corrected chi connectivity index (χ0v) is 11.9. The second kappa shape index (κ2) is 5.84. The van der Waals surface area contributed by atoms with Crippen molar-refractivity contribution >= 4 is 5.97 Å². The van der Waals surface area contributed by atoms with E-state index in [2.05, 4.69) is 20.6 Å². The molecule has 0 unspecified atom stereocenters. The molecule has 0 atom stereocenters. The average Bonchev–Trinajstić information content (AvgIpc) is 3.09. The van der Waals surface area contributed by atoms with Crippen molar-refractivity contribution in [2.45, 2.75) is 0 Å². The summed E-state index contributed by atoms with van der Waals surface area (Å²) in [4.78, 5) is 11.4. The first-order chi connectivity index (χ1) is 11.1. The van der Waals surface area contributed by atoms with Crippen LogP contribution in [-0.2, 0) is 0 Å². The summed E-state index contributed by atoms with van der Waals surface area (Å²) in [5.74, 6) is -0.910. The molecule has 0 fully saturated rings. The number of carbonyl (C=O) groups is 1. The van der Waals surface area contributed by atoms with Crippen LogP contribution in [0.4, 0.5) is 4.39 Å². The van der Waals surface area contributed by atoms with E-state index in [1.54, 1.807) is 6.07 Å². The maximum atomic E-state index is 13.6. The van der Waals surface area contributed by atoms with Gasteiger partial charge in [0, 0.05) is 11.1 Å². The highest BCUT2D eigenvalue weighted by Crippen LogP contribution is 2.33. The van der Waals surface area contributed by atoms with E-state index in [1.807, 2.05) is 0 Å². The van der Waals surface area contributed by atoms with Crippen molar-refractivity contribution in [3.63, 3.8) is 0 Å². The predicted molar refractivity (Wildman–Crippen MR) is 78.5 cm³/mol. The lowest BCUT2D eigenvalue weighted by Crippen LogP contribution is -1.99. The summed E-state index contributed by atoms with van der Waals surface area (Å²) in [6.07, 6.45) is 0. The highest BCUT2D eigenvalue weighted by atomic mass is 19.1. The Balaban J connectivity index is 2.23. The van der Waals surface area contributed by atoms with Gasteiger partial charge in [0.25, 0.3) is 0 Å². The van der Waals surface area contributed by atoms with Crippen LogP contribution in [0.2, 0.25) is 0 Å². The van der Waals surface area contributed by atoms with Gasteiger partial charge >= 0.3 is 5.97 Å². The summed E-state index contributed by atoms with van der Waals surface area (Å²) in [7, 11) is 1.46. The van der Waals surface area contributed by atoms with E-state index in [0.717, 1.165) is 0 Å². The Morgan fingerprint density at radius 2 is 2.00 bits per heavy atom. The lowest BCUT2D eigenvalue weighted by molar-refractivity contribution is 0.0697. The van der Waals surface area contributed by atoms with E-state index in [4.69, 9.17) is 4.74 Å². The van der Waals surface area contributed by atoms with E-state index in [-0.39, 0.29) is 11.4 Å². The second-order valence-corrected chi connectivity index (χ2v) is 4.68. The Morgan fingerprint density at radius 1 is 1.22 bits per heavy atom. The molecule has 1 aromatic heterocycles. The number of nitrogens with one attached hydrogen (secondary N) is 1. The molecule has 23 heavy (non-hydrogen) atoms. The van der Waals surface area contributed by atoms with Crippen LogP contribution >= 0.6 is 0 Å². The number of hydrogen-bond acceptors (Lipinski definition) is 5. The fourth-order valence-electron chi connectivity index (χ4n) is 2.23. The summed E-state index contributed by atoms with van der Waals surface area (Å²) >= 11 is 0. The van der Waals surface area contributed by atoms with E-state index >= 15 is 0 Å². The summed E-state index contributed by atoms with van der Waals surface area (Å²) < 4.78 is 18.8. The molecule has 1 heterocycles. The van der Waals surface area contributed by atoms with E-state index in [9.17, 15) is 14.3 Å². The van der Waals surface area contributed by atoms with Crippen molar-refractivity contribution in [1.82, 2.24) is 20.6 Å². The van der Waals surface area contributed by atoms with Crippen molar-refractivity contribution in [3.05, 3.63) is 47.8 Å². The molecule has 3 aromatic rings. The fraction of sp³-hybridized carbons (Fsp3) is 0.0667. The van der Waals surface area contributed by atoms with Gasteiger partial charge in [0.15, 0.2) is 0 Å². The first-order valence-corrected chi connectivity index (χ1v) is 6.54. The Bertz CT molecular complexity index is 865. The maximum Gasteiger partial charge on any atom is 0.335 e. The molecule has 0 bridgehead atoms. The average molecular weight is 314 g/mol. The van der Waals surface area contributed by atoms with Gasteiger partial charge in [-0.1, -0.05) is 0 Å². The van der Waals surface area contributed by atoms with Crippen molar-refractivity contribution in [2.24, 2.45) is 0 Å². The maximum absolute atomic E-state index is 13.6. The minimum absolute atomic E-state index is 0.0219. The quantitative estimate of drug-likeness (QED) is 0.766. The third-order valence-electron chi connectivity index (χ3n) is 3.26. The summed E-state index contributed by atoms with van der Waals surface area (Å²) in [6.45, 7) is 0. The number of aromatic nitrogens is 4. The molecule has 0 saturated heterocycles. The van der Waals surface area contributed by atoms with Gasteiger partial charge in [-0.25, -0.2) is 9.18 Å². The lowest BCUT2D eigenvalue weighted by atomic mass is 9.98. The summed E-state index contributed by atoms with van der Waals surface area (Å²) in [5.41, 5.74) is 1.37. The third kappa shape index (κ3) is 2.86. The number of carboxylic acid groups (broad SMARTS) is 1. The van der Waals surface area contributed by atoms with Gasteiger partial charge in [0.05, 0.1) is 12.7 Å². The van der Waals surface area contributed by atoms with Gasteiger partial charge in [-0.3, -0.25) is 0 Å². The third-order valence-corrected chi connectivity index (χ3v) is 3.26. The highest BCUT2D eigenvalue weighted by Gasteiger charge is 2.15. The number of methoxy groups -OCH3 is 1. The van der Waals surface area contributed by atoms with Crippen LogP contribution in [-0.4, -0.2) is 38.8 Å². The zero-order chi connectivity index (χ0) is 16.4. The van der Waals surface area contributed by atoms with E-state index < -0.39 is 11.8 Å². The monoisotopic (exact) mass is 314 g/mol. The topological polar surface area (TPSA) is 101 Å². The first kappa shape index (κ1) is 14.6. The van der Waals surface area contributed by atoms with Crippen LogP contribution in [0.3, 0.4) is 0 Å². The van der Waals surface area contributed by atoms with Crippen LogP contribution < -0.4 is 4.74 Å². The Kier molecular flexibility index (Phi) is 3.71. The normalized spacial score (nSPS) is 10.5. The molecule has 0 aliphatic heterocycles. The molecular weight excluding hydrogens is 303 g/mol. The molecule has 0 radical (unpaired) electrons. The van der Waals surface area contributed by atoms with Gasteiger partial charge in [0.1, 0.15) is 11.6 Å². The number of rotatable bonds is 4. The Labute approximate surface area is 129 Å². The highest BCUT2D eigenvalue weighted by molar-refractivity contribution is 5.92. The minimum Gasteiger partial charge on any atom is -0.496 e. The number of tetrazole rings is 1. The van der Waals surface area contributed by atoms with Gasteiger partial charge in [0.2, 0.25) is 5.82 Å². The number of hydrogen-bond donors (Lipinski definition) is 2. The van der Waals surface area contributed by atoms with Crippen molar-refractivity contribution in [2.75, 3.05) is 7.11 Å². The van der Waals surface area contributed by atoms with Crippen LogP contribution in [0.15, 0.2) is 36.4 Å². The largest absolute Gasteiger partial charge is 0.496 e. The van der Waals surface area contributed by atoms with Crippen molar-refractivity contribution in [1.29, 1.82) is 0 Å². The SMILES string of the molecule is COc1ccc(F)cc1-c1cc(C(=O)O)cc(-c2nn[nH]n2)c1. The van der Waals surface area contributed by atoms with Crippen molar-refractivity contribution < 1.29 is 19.0 Å². The molecule has 0 spiro atoms. The van der Waals surface area contributed by atoms with Gasteiger partial charge in [-0.2, -0.15) is 5.21 Å². The first-order valence-electron chi connectivity index (χ1n) is 6.54. The van der Waals surface area contributed by atoms with Crippen molar-refractivity contribution in [3.8, 4) is 28.3 Å². The molecule has 2 aromatic carbocycles. The Hall–Kier alpha value is -3.29.